The number of amides is 1. The number of nitrogens with two attached hydrogens (primary N) is 2. The number of carbonyl (C=O) groups excluding carboxylic acids is 1. The Balaban J connectivity index is 0.00000204. The van der Waals surface area contributed by atoms with E-state index in [4.69, 9.17) is 11.5 Å². The zero-order valence-electron chi connectivity index (χ0n) is 18.0. The fraction of sp³-hybridized carbons (Fsp3) is 0.0435. The van der Waals surface area contributed by atoms with Gasteiger partial charge in [0.25, 0.3) is 10.0 Å². The first-order valence-corrected chi connectivity index (χ1v) is 11.1. The fourth-order valence-corrected chi connectivity index (χ4v) is 4.53. The minimum atomic E-state index is -3.82. The van der Waals surface area contributed by atoms with Crippen molar-refractivity contribution >= 4 is 58.1 Å². The number of aromatic nitrogens is 3. The molecule has 0 unspecified atom stereocenters. The zero-order chi connectivity index (χ0) is 22.9. The molecule has 0 aliphatic heterocycles. The van der Waals surface area contributed by atoms with Gasteiger partial charge in [0.05, 0.1) is 11.1 Å². The molecule has 1 amide bonds. The fourth-order valence-electron chi connectivity index (χ4n) is 3.33. The SMILES string of the molecule is Cl.Cl.Cn1cc(-c2ccc(S(=O)(=O)n3ccc(C=C(C(N)=O)c4ccccc4N)c3)cc2)cn1. The average molecular weight is 520 g/mol. The van der Waals surface area contributed by atoms with Crippen LogP contribution in [0.25, 0.3) is 22.8 Å². The van der Waals surface area contributed by atoms with Crippen molar-refractivity contribution in [1.29, 1.82) is 0 Å². The van der Waals surface area contributed by atoms with Gasteiger partial charge < -0.3 is 11.5 Å². The third-order valence-electron chi connectivity index (χ3n) is 4.99. The average Bonchev–Trinajstić information content (AvgIpc) is 3.42. The quantitative estimate of drug-likeness (QED) is 0.297. The summed E-state index contributed by atoms with van der Waals surface area (Å²) in [6.07, 6.45) is 7.93. The van der Waals surface area contributed by atoms with Crippen LogP contribution in [0.5, 0.6) is 0 Å². The van der Waals surface area contributed by atoms with Gasteiger partial charge in [0.15, 0.2) is 0 Å². The number of hydrogen-bond donors (Lipinski definition) is 2. The monoisotopic (exact) mass is 519 g/mol. The Morgan fingerprint density at radius 1 is 0.971 bits per heavy atom. The standard InChI is InChI=1S/C23H21N5O3S.2ClH/c1-27-15-18(13-26-27)17-6-8-19(9-7-17)32(30,31)28-11-10-16(14-28)12-21(23(25)29)20-4-2-3-5-22(20)24;;/h2-15H,24H2,1H3,(H2,25,29);2*1H. The number of primary amides is 1. The van der Waals surface area contributed by atoms with Crippen LogP contribution in [-0.2, 0) is 21.9 Å². The molecule has 0 radical (unpaired) electrons. The molecule has 8 nitrogen and oxygen atoms in total. The van der Waals surface area contributed by atoms with Gasteiger partial charge in [0.1, 0.15) is 0 Å². The molecule has 0 aliphatic carbocycles. The van der Waals surface area contributed by atoms with E-state index >= 15 is 0 Å². The summed E-state index contributed by atoms with van der Waals surface area (Å²) in [5, 5.41) is 4.13. The lowest BCUT2D eigenvalue weighted by atomic mass is 10.0. The predicted octanol–water partition coefficient (Wildman–Crippen LogP) is 3.58. The molecule has 0 aliphatic rings. The number of para-hydroxylation sites is 1. The minimum absolute atomic E-state index is 0. The molecule has 0 bridgehead atoms. The molecule has 4 rings (SSSR count). The molecule has 2 aromatic heterocycles. The normalized spacial score (nSPS) is 11.4. The Kier molecular flexibility index (Phi) is 8.33. The first-order valence-electron chi connectivity index (χ1n) is 9.65. The maximum absolute atomic E-state index is 13.1. The minimum Gasteiger partial charge on any atom is -0.398 e. The Hall–Kier alpha value is -3.53. The van der Waals surface area contributed by atoms with Crippen LogP contribution < -0.4 is 11.5 Å². The van der Waals surface area contributed by atoms with Gasteiger partial charge in [-0.15, -0.1) is 24.8 Å². The number of halogens is 2. The second-order valence-corrected chi connectivity index (χ2v) is 9.06. The second kappa shape index (κ2) is 10.6. The van der Waals surface area contributed by atoms with Crippen LogP contribution in [0, 0.1) is 0 Å². The molecule has 2 heterocycles. The highest BCUT2D eigenvalue weighted by atomic mass is 35.5. The summed E-state index contributed by atoms with van der Waals surface area (Å²) >= 11 is 0. The van der Waals surface area contributed by atoms with Gasteiger partial charge in [-0.2, -0.15) is 5.10 Å². The van der Waals surface area contributed by atoms with Crippen LogP contribution in [0.4, 0.5) is 5.69 Å². The molecule has 4 aromatic rings. The van der Waals surface area contributed by atoms with Crippen LogP contribution in [0.1, 0.15) is 11.1 Å². The van der Waals surface area contributed by atoms with Crippen LogP contribution in [-0.4, -0.2) is 28.1 Å². The van der Waals surface area contributed by atoms with Crippen molar-refractivity contribution in [1.82, 2.24) is 13.8 Å². The molecule has 34 heavy (non-hydrogen) atoms. The molecule has 0 fully saturated rings. The molecular weight excluding hydrogens is 497 g/mol. The maximum atomic E-state index is 13.1. The summed E-state index contributed by atoms with van der Waals surface area (Å²) in [7, 11) is -2.00. The number of aryl methyl sites for hydroxylation is 1. The lowest BCUT2D eigenvalue weighted by Gasteiger charge is -2.07. The highest BCUT2D eigenvalue weighted by Crippen LogP contribution is 2.25. The zero-order valence-corrected chi connectivity index (χ0v) is 20.5. The number of carbonyl (C=O) groups is 1. The smallest absolute Gasteiger partial charge is 0.267 e. The van der Waals surface area contributed by atoms with Crippen LogP contribution in [0.3, 0.4) is 0 Å². The Morgan fingerprint density at radius 2 is 1.65 bits per heavy atom. The van der Waals surface area contributed by atoms with Crippen molar-refractivity contribution in [3.8, 4) is 11.1 Å². The molecule has 0 saturated heterocycles. The van der Waals surface area contributed by atoms with Crippen molar-refractivity contribution < 1.29 is 13.2 Å². The summed E-state index contributed by atoms with van der Waals surface area (Å²) in [6.45, 7) is 0. The van der Waals surface area contributed by atoms with E-state index in [1.54, 1.807) is 65.5 Å². The number of benzene rings is 2. The van der Waals surface area contributed by atoms with Gasteiger partial charge in [-0.05, 0) is 41.5 Å². The molecule has 0 spiro atoms. The lowest BCUT2D eigenvalue weighted by Crippen LogP contribution is -2.14. The summed E-state index contributed by atoms with van der Waals surface area (Å²) in [4.78, 5) is 12.1. The topological polar surface area (TPSA) is 126 Å². The number of rotatable bonds is 6. The number of hydrogen-bond acceptors (Lipinski definition) is 5. The third-order valence-corrected chi connectivity index (χ3v) is 6.64. The predicted molar refractivity (Wildman–Crippen MR) is 138 cm³/mol. The van der Waals surface area contributed by atoms with Crippen LogP contribution in [0.15, 0.2) is 84.3 Å². The van der Waals surface area contributed by atoms with E-state index in [0.29, 0.717) is 16.8 Å². The molecule has 11 heteroatoms. The highest BCUT2D eigenvalue weighted by molar-refractivity contribution is 7.90. The number of anilines is 1. The van der Waals surface area contributed by atoms with Crippen molar-refractivity contribution in [3.05, 3.63) is 90.5 Å². The van der Waals surface area contributed by atoms with Crippen molar-refractivity contribution in [3.63, 3.8) is 0 Å². The number of nitrogens with zero attached hydrogens (tertiary/aromatic N) is 3. The molecular formula is C23H23Cl2N5O3S. The van der Waals surface area contributed by atoms with Gasteiger partial charge in [-0.1, -0.05) is 30.3 Å². The van der Waals surface area contributed by atoms with E-state index in [2.05, 4.69) is 5.10 Å². The van der Waals surface area contributed by atoms with E-state index in [1.165, 1.54) is 18.5 Å². The van der Waals surface area contributed by atoms with Crippen LogP contribution >= 0.6 is 24.8 Å². The Bertz CT molecular complexity index is 1440. The first-order chi connectivity index (χ1) is 15.3. The van der Waals surface area contributed by atoms with Gasteiger partial charge in [-0.3, -0.25) is 9.48 Å². The number of nitrogen functional groups attached to an aromatic ring is 1. The van der Waals surface area contributed by atoms with E-state index in [0.717, 1.165) is 15.1 Å². The van der Waals surface area contributed by atoms with Crippen LogP contribution in [0.2, 0.25) is 0 Å². The van der Waals surface area contributed by atoms with Crippen molar-refractivity contribution in [2.45, 2.75) is 4.90 Å². The van der Waals surface area contributed by atoms with Gasteiger partial charge in [-0.25, -0.2) is 12.4 Å². The molecule has 0 saturated carbocycles. The van der Waals surface area contributed by atoms with E-state index in [9.17, 15) is 13.2 Å². The summed E-state index contributed by atoms with van der Waals surface area (Å²) < 4.78 is 28.9. The molecule has 178 valence electrons. The Labute approximate surface area is 209 Å². The molecule has 2 aromatic carbocycles. The molecule has 4 N–H and O–H groups in total. The van der Waals surface area contributed by atoms with Gasteiger partial charge in [0.2, 0.25) is 5.91 Å². The third kappa shape index (κ3) is 5.33. The van der Waals surface area contributed by atoms with E-state index < -0.39 is 15.9 Å². The Morgan fingerprint density at radius 3 is 2.24 bits per heavy atom. The lowest BCUT2D eigenvalue weighted by molar-refractivity contribution is -0.112. The van der Waals surface area contributed by atoms with Gasteiger partial charge >= 0.3 is 0 Å². The largest absolute Gasteiger partial charge is 0.398 e. The summed E-state index contributed by atoms with van der Waals surface area (Å²) in [5.41, 5.74) is 14.8. The summed E-state index contributed by atoms with van der Waals surface area (Å²) in [5.74, 6) is -0.663. The van der Waals surface area contributed by atoms with E-state index in [1.807, 2.05) is 13.2 Å². The molecule has 0 atom stereocenters. The maximum Gasteiger partial charge on any atom is 0.267 e. The van der Waals surface area contributed by atoms with Crippen molar-refractivity contribution in [2.75, 3.05) is 5.73 Å². The van der Waals surface area contributed by atoms with E-state index in [-0.39, 0.29) is 35.3 Å². The first kappa shape index (κ1) is 26.7. The summed E-state index contributed by atoms with van der Waals surface area (Å²) in [6, 6.07) is 15.0. The highest BCUT2D eigenvalue weighted by Gasteiger charge is 2.18. The second-order valence-electron chi connectivity index (χ2n) is 7.22. The van der Waals surface area contributed by atoms with Gasteiger partial charge in [0, 0.05) is 48.0 Å². The van der Waals surface area contributed by atoms with Crippen molar-refractivity contribution in [2.24, 2.45) is 12.8 Å².